The highest BCUT2D eigenvalue weighted by atomic mass is 19.4. The lowest BCUT2D eigenvalue weighted by atomic mass is 10.1. The van der Waals surface area contributed by atoms with E-state index < -0.39 is 65.5 Å². The van der Waals surface area contributed by atoms with Gasteiger partial charge in [0.15, 0.2) is 0 Å². The first kappa shape index (κ1) is 24.9. The van der Waals surface area contributed by atoms with Gasteiger partial charge in [0, 0.05) is 17.1 Å². The molecule has 3 rings (SSSR count). The van der Waals surface area contributed by atoms with Crippen LogP contribution in [-0.4, -0.2) is 41.5 Å². The van der Waals surface area contributed by atoms with Crippen LogP contribution in [0, 0.1) is 0 Å². The van der Waals surface area contributed by atoms with Crippen molar-refractivity contribution in [3.63, 3.8) is 0 Å². The topological polar surface area (TPSA) is 83.3 Å². The van der Waals surface area contributed by atoms with Crippen molar-refractivity contribution >= 4 is 28.3 Å². The molecular weight excluding hydrogens is 489 g/mol. The number of hydrogen-bond donors (Lipinski definition) is 2. The summed E-state index contributed by atoms with van der Waals surface area (Å²) in [5.74, 6) is -1.69. The number of rotatable bonds is 6. The number of benzene rings is 1. The third-order valence-electron chi connectivity index (χ3n) is 4.17. The molecule has 0 atom stereocenters. The van der Waals surface area contributed by atoms with Crippen LogP contribution in [0.2, 0.25) is 0 Å². The second-order valence-corrected chi connectivity index (χ2v) is 6.80. The van der Waals surface area contributed by atoms with Crippen molar-refractivity contribution in [3.05, 3.63) is 47.9 Å². The molecule has 0 fully saturated rings. The Morgan fingerprint density at radius 2 is 1.59 bits per heavy atom. The van der Waals surface area contributed by atoms with E-state index in [2.05, 4.69) is 20.1 Å². The van der Waals surface area contributed by atoms with E-state index in [9.17, 15) is 44.3 Å². The first-order chi connectivity index (χ1) is 15.6. The minimum absolute atomic E-state index is 0.136. The molecule has 0 radical (unpaired) electrons. The Morgan fingerprint density at radius 1 is 0.941 bits per heavy atom. The van der Waals surface area contributed by atoms with Gasteiger partial charge in [0.1, 0.15) is 18.9 Å². The van der Waals surface area contributed by atoms with E-state index in [-0.39, 0.29) is 10.7 Å². The standard InChI is InChI=1S/C18H12F9N5O2/c19-16(20,21)7-32(8-17(22,23)24)9-1-2-12-10(5-9)11(18(25,26)27)6-14(29-12)30-31-15(33)13-3-4-28-34-13/h1-6H,7-8H2,(H,29,30)(H,31,33). The summed E-state index contributed by atoms with van der Waals surface area (Å²) >= 11 is 0. The van der Waals surface area contributed by atoms with Crippen LogP contribution in [0.1, 0.15) is 16.1 Å². The van der Waals surface area contributed by atoms with Crippen LogP contribution in [0.5, 0.6) is 0 Å². The molecule has 0 saturated carbocycles. The second-order valence-electron chi connectivity index (χ2n) is 6.80. The fourth-order valence-corrected chi connectivity index (χ4v) is 2.90. The van der Waals surface area contributed by atoms with E-state index in [4.69, 9.17) is 0 Å². The number of anilines is 2. The minimum atomic E-state index is -5.07. The Morgan fingerprint density at radius 3 is 2.12 bits per heavy atom. The molecule has 2 heterocycles. The van der Waals surface area contributed by atoms with Crippen LogP contribution in [0.15, 0.2) is 41.1 Å². The number of halogens is 9. The number of nitrogens with zero attached hydrogens (tertiary/aromatic N) is 3. The van der Waals surface area contributed by atoms with Crippen LogP contribution in [-0.2, 0) is 6.18 Å². The third kappa shape index (κ3) is 6.41. The maximum absolute atomic E-state index is 13.7. The first-order valence-electron chi connectivity index (χ1n) is 9.00. The highest BCUT2D eigenvalue weighted by molar-refractivity contribution is 5.92. The quantitative estimate of drug-likeness (QED) is 0.368. The number of hydrogen-bond acceptors (Lipinski definition) is 6. The average Bonchev–Trinajstić information content (AvgIpc) is 3.22. The number of fused-ring (bicyclic) bond motifs is 1. The van der Waals surface area contributed by atoms with Gasteiger partial charge in [0.2, 0.25) is 5.76 Å². The molecule has 184 valence electrons. The van der Waals surface area contributed by atoms with Crippen LogP contribution in [0.25, 0.3) is 10.9 Å². The fourth-order valence-electron chi connectivity index (χ4n) is 2.90. The van der Waals surface area contributed by atoms with Gasteiger partial charge in [-0.3, -0.25) is 15.6 Å². The van der Waals surface area contributed by atoms with Crippen molar-refractivity contribution in [2.75, 3.05) is 23.4 Å². The molecule has 0 saturated heterocycles. The number of nitrogens with one attached hydrogen (secondary N) is 2. The van der Waals surface area contributed by atoms with E-state index in [1.165, 1.54) is 6.07 Å². The van der Waals surface area contributed by atoms with Gasteiger partial charge in [-0.25, -0.2) is 4.98 Å². The lowest BCUT2D eigenvalue weighted by molar-refractivity contribution is -0.138. The van der Waals surface area contributed by atoms with Crippen LogP contribution >= 0.6 is 0 Å². The molecule has 1 amide bonds. The zero-order chi connectivity index (χ0) is 25.3. The Bertz CT molecular complexity index is 1140. The Hall–Kier alpha value is -3.72. The molecule has 0 bridgehead atoms. The smallest absolute Gasteiger partial charge is 0.353 e. The Labute approximate surface area is 183 Å². The summed E-state index contributed by atoms with van der Waals surface area (Å²) < 4.78 is 122. The largest absolute Gasteiger partial charge is 0.417 e. The van der Waals surface area contributed by atoms with E-state index in [0.717, 1.165) is 18.3 Å². The van der Waals surface area contributed by atoms with Crippen LogP contribution in [0.3, 0.4) is 0 Å². The van der Waals surface area contributed by atoms with Gasteiger partial charge in [-0.2, -0.15) is 39.5 Å². The Kier molecular flexibility index (Phi) is 6.53. The summed E-state index contributed by atoms with van der Waals surface area (Å²) in [7, 11) is 0. The third-order valence-corrected chi connectivity index (χ3v) is 4.17. The molecule has 3 aromatic rings. The number of amides is 1. The molecule has 0 aliphatic heterocycles. The number of carbonyl (C=O) groups excluding carboxylic acids is 1. The summed E-state index contributed by atoms with van der Waals surface area (Å²) in [5, 5.41) is 2.54. The number of hydrazine groups is 1. The molecule has 16 heteroatoms. The predicted octanol–water partition coefficient (Wildman–Crippen LogP) is 4.93. The molecule has 0 aliphatic carbocycles. The molecule has 2 N–H and O–H groups in total. The van der Waals surface area contributed by atoms with E-state index in [1.54, 1.807) is 0 Å². The number of alkyl halides is 9. The average molecular weight is 501 g/mol. The Balaban J connectivity index is 2.00. The van der Waals surface area contributed by atoms with Gasteiger partial charge in [0.25, 0.3) is 0 Å². The molecule has 0 spiro atoms. The van der Waals surface area contributed by atoms with Gasteiger partial charge in [0.05, 0.1) is 17.3 Å². The second kappa shape index (κ2) is 8.90. The zero-order valence-corrected chi connectivity index (χ0v) is 16.4. The molecule has 0 aliphatic rings. The summed E-state index contributed by atoms with van der Waals surface area (Å²) in [4.78, 5) is 15.5. The van der Waals surface area contributed by atoms with Crippen LogP contribution < -0.4 is 15.8 Å². The molecule has 1 aromatic carbocycles. The van der Waals surface area contributed by atoms with Crippen molar-refractivity contribution in [1.29, 1.82) is 0 Å². The molecular formula is C18H12F9N5O2. The lowest BCUT2D eigenvalue weighted by Crippen LogP contribution is -2.40. The van der Waals surface area contributed by atoms with Gasteiger partial charge >= 0.3 is 24.4 Å². The van der Waals surface area contributed by atoms with Crippen molar-refractivity contribution in [1.82, 2.24) is 15.6 Å². The summed E-state index contributed by atoms with van der Waals surface area (Å²) in [6, 6.07) is 3.76. The van der Waals surface area contributed by atoms with Crippen molar-refractivity contribution in [2.45, 2.75) is 18.5 Å². The van der Waals surface area contributed by atoms with E-state index >= 15 is 0 Å². The highest BCUT2D eigenvalue weighted by Crippen LogP contribution is 2.38. The first-order valence-corrected chi connectivity index (χ1v) is 9.00. The number of pyridine rings is 1. The van der Waals surface area contributed by atoms with E-state index in [1.807, 2.05) is 5.43 Å². The fraction of sp³-hybridized carbons (Fsp3) is 0.278. The number of carbonyl (C=O) groups is 1. The maximum Gasteiger partial charge on any atom is 0.417 e. The molecule has 7 nitrogen and oxygen atoms in total. The maximum atomic E-state index is 13.7. The zero-order valence-electron chi connectivity index (χ0n) is 16.4. The minimum Gasteiger partial charge on any atom is -0.353 e. The molecule has 34 heavy (non-hydrogen) atoms. The normalized spacial score (nSPS) is 12.6. The summed E-state index contributed by atoms with van der Waals surface area (Å²) in [6.07, 6.45) is -14.0. The predicted molar refractivity (Wildman–Crippen MR) is 98.7 cm³/mol. The lowest BCUT2D eigenvalue weighted by Gasteiger charge is -2.27. The van der Waals surface area contributed by atoms with Crippen molar-refractivity contribution in [2.24, 2.45) is 0 Å². The summed E-state index contributed by atoms with van der Waals surface area (Å²) in [5.41, 5.74) is 1.59. The van der Waals surface area contributed by atoms with Gasteiger partial charge < -0.3 is 9.42 Å². The van der Waals surface area contributed by atoms with Crippen molar-refractivity contribution < 1.29 is 48.8 Å². The molecule has 2 aromatic heterocycles. The monoisotopic (exact) mass is 501 g/mol. The van der Waals surface area contributed by atoms with Gasteiger partial charge in [-0.05, 0) is 24.3 Å². The SMILES string of the molecule is O=C(NNc1cc(C(F)(F)F)c2cc(N(CC(F)(F)F)CC(F)(F)F)ccc2n1)c1ccno1. The van der Waals surface area contributed by atoms with Crippen LogP contribution in [0.4, 0.5) is 51.0 Å². The number of aromatic nitrogens is 2. The van der Waals surface area contributed by atoms with Gasteiger partial charge in [-0.1, -0.05) is 5.16 Å². The van der Waals surface area contributed by atoms with Crippen molar-refractivity contribution in [3.8, 4) is 0 Å². The van der Waals surface area contributed by atoms with E-state index in [0.29, 0.717) is 12.1 Å². The summed E-state index contributed by atoms with van der Waals surface area (Å²) in [6.45, 7) is -4.08. The highest BCUT2D eigenvalue weighted by Gasteiger charge is 2.38. The molecule has 0 unspecified atom stereocenters. The van der Waals surface area contributed by atoms with Gasteiger partial charge in [-0.15, -0.1) is 0 Å².